The van der Waals surface area contributed by atoms with E-state index in [0.717, 1.165) is 6.07 Å². The fourth-order valence-corrected chi connectivity index (χ4v) is 4.57. The van der Waals surface area contributed by atoms with Gasteiger partial charge in [-0.25, -0.2) is 27.1 Å². The lowest BCUT2D eigenvalue weighted by atomic mass is 9.99. The number of aromatic nitrogens is 4. The first kappa shape index (κ1) is 17.2. The van der Waals surface area contributed by atoms with Crippen molar-refractivity contribution in [3.8, 4) is 22.5 Å². The number of hydrogen-bond donors (Lipinski definition) is 3. The molecule has 0 saturated carbocycles. The molecule has 0 atom stereocenters. The van der Waals surface area contributed by atoms with Crippen molar-refractivity contribution >= 4 is 20.0 Å². The molecule has 0 saturated heterocycles. The number of nitrogens with zero attached hydrogens (tertiary/aromatic N) is 3. The van der Waals surface area contributed by atoms with Gasteiger partial charge in [0.05, 0.1) is 5.56 Å². The van der Waals surface area contributed by atoms with E-state index in [0.29, 0.717) is 11.1 Å². The van der Waals surface area contributed by atoms with Gasteiger partial charge in [0.2, 0.25) is 25.9 Å². The summed E-state index contributed by atoms with van der Waals surface area (Å²) in [5.41, 5.74) is 0.862. The first-order valence-corrected chi connectivity index (χ1v) is 9.80. The Hall–Kier alpha value is -2.67. The van der Waals surface area contributed by atoms with E-state index < -0.39 is 29.8 Å². The third kappa shape index (κ3) is 3.28. The lowest BCUT2D eigenvalue weighted by Crippen LogP contribution is -2.22. The van der Waals surface area contributed by atoms with Crippen molar-refractivity contribution in [3.05, 3.63) is 42.5 Å². The second-order valence-corrected chi connectivity index (χ2v) is 8.03. The average molecular weight is 380 g/mol. The fourth-order valence-electron chi connectivity index (χ4n) is 2.42. The summed E-state index contributed by atoms with van der Waals surface area (Å²) in [7, 11) is -8.86. The van der Waals surface area contributed by atoms with Gasteiger partial charge in [0, 0.05) is 0 Å². The van der Waals surface area contributed by atoms with Gasteiger partial charge in [0.1, 0.15) is 9.79 Å². The molecule has 0 amide bonds. The molecule has 2 aromatic carbocycles. The second kappa shape index (κ2) is 6.00. The summed E-state index contributed by atoms with van der Waals surface area (Å²) in [6.07, 6.45) is 0. The summed E-state index contributed by atoms with van der Waals surface area (Å²) in [5.74, 6) is -0.131. The summed E-state index contributed by atoms with van der Waals surface area (Å²) in [6.45, 7) is 0. The minimum atomic E-state index is -4.48. The van der Waals surface area contributed by atoms with Crippen molar-refractivity contribution in [1.82, 2.24) is 20.6 Å². The number of aromatic amines is 1. The van der Waals surface area contributed by atoms with Crippen molar-refractivity contribution < 1.29 is 16.8 Å². The Bertz CT molecular complexity index is 1130. The number of rotatable bonds is 4. The van der Waals surface area contributed by atoms with E-state index in [1.807, 2.05) is 0 Å². The molecule has 5 N–H and O–H groups in total. The number of sulfonamides is 2. The molecule has 12 heteroatoms. The molecule has 1 heterocycles. The zero-order valence-corrected chi connectivity index (χ0v) is 14.1. The van der Waals surface area contributed by atoms with Crippen molar-refractivity contribution in [1.29, 1.82) is 0 Å². The molecule has 0 aliphatic rings. The summed E-state index contributed by atoms with van der Waals surface area (Å²) < 4.78 is 48.1. The molecule has 0 fully saturated rings. The summed E-state index contributed by atoms with van der Waals surface area (Å²) in [5, 5.41) is 23.6. The van der Waals surface area contributed by atoms with Crippen LogP contribution in [0.3, 0.4) is 0 Å². The van der Waals surface area contributed by atoms with E-state index in [1.54, 1.807) is 30.3 Å². The number of H-pyrrole nitrogens is 1. The highest BCUT2D eigenvalue weighted by molar-refractivity contribution is 7.92. The molecule has 0 aliphatic heterocycles. The normalized spacial score (nSPS) is 12.2. The molecule has 10 nitrogen and oxygen atoms in total. The molecule has 0 unspecified atom stereocenters. The summed E-state index contributed by atoms with van der Waals surface area (Å²) in [6, 6.07) is 11.2. The number of nitrogens with two attached hydrogens (primary N) is 2. The van der Waals surface area contributed by atoms with Gasteiger partial charge in [-0.05, 0) is 22.4 Å². The first-order valence-electron chi connectivity index (χ1n) is 6.71. The molecular formula is C13H12N6O4S2. The molecule has 130 valence electrons. The predicted molar refractivity (Wildman–Crippen MR) is 87.8 cm³/mol. The van der Waals surface area contributed by atoms with Gasteiger partial charge < -0.3 is 0 Å². The van der Waals surface area contributed by atoms with Crippen molar-refractivity contribution in [2.24, 2.45) is 10.3 Å². The smallest absolute Gasteiger partial charge is 0.225 e. The summed E-state index contributed by atoms with van der Waals surface area (Å²) in [4.78, 5) is -1.33. The van der Waals surface area contributed by atoms with Crippen LogP contribution in [-0.4, -0.2) is 37.5 Å². The van der Waals surface area contributed by atoms with Crippen molar-refractivity contribution in [3.63, 3.8) is 0 Å². The maximum Gasteiger partial charge on any atom is 0.240 e. The molecular weight excluding hydrogens is 368 g/mol. The van der Waals surface area contributed by atoms with Gasteiger partial charge in [-0.1, -0.05) is 36.4 Å². The summed E-state index contributed by atoms with van der Waals surface area (Å²) >= 11 is 0. The van der Waals surface area contributed by atoms with E-state index in [-0.39, 0.29) is 11.4 Å². The maximum atomic E-state index is 12.2. The van der Waals surface area contributed by atoms with Crippen LogP contribution in [0.1, 0.15) is 0 Å². The number of hydrogen-bond acceptors (Lipinski definition) is 7. The highest BCUT2D eigenvalue weighted by Crippen LogP contribution is 2.38. The van der Waals surface area contributed by atoms with Gasteiger partial charge in [-0.3, -0.25) is 0 Å². The molecule has 3 aromatic rings. The third-order valence-corrected chi connectivity index (χ3v) is 5.44. The highest BCUT2D eigenvalue weighted by atomic mass is 32.2. The second-order valence-electron chi connectivity index (χ2n) is 5.01. The Kier molecular flexibility index (Phi) is 4.12. The van der Waals surface area contributed by atoms with Gasteiger partial charge in [0.25, 0.3) is 0 Å². The van der Waals surface area contributed by atoms with Gasteiger partial charge in [-0.2, -0.15) is 5.21 Å². The molecule has 25 heavy (non-hydrogen) atoms. The zero-order chi connectivity index (χ0) is 18.2. The SMILES string of the molecule is NS(=O)(=O)c1ccc(-c2ccccc2)c(-c2nn[nH]n2)c1S(N)(=O)=O. The van der Waals surface area contributed by atoms with Crippen LogP contribution in [0.4, 0.5) is 0 Å². The Morgan fingerprint density at radius 3 is 2.08 bits per heavy atom. The highest BCUT2D eigenvalue weighted by Gasteiger charge is 2.30. The molecule has 0 spiro atoms. The van der Waals surface area contributed by atoms with Crippen LogP contribution in [0, 0.1) is 0 Å². The Labute approximate surface area is 143 Å². The molecule has 0 aliphatic carbocycles. The number of primary sulfonamides is 2. The van der Waals surface area contributed by atoms with Gasteiger partial charge in [0.15, 0.2) is 0 Å². The van der Waals surface area contributed by atoms with Crippen LogP contribution < -0.4 is 10.3 Å². The van der Waals surface area contributed by atoms with E-state index in [2.05, 4.69) is 20.6 Å². The minimum absolute atomic E-state index is 0.103. The minimum Gasteiger partial charge on any atom is -0.225 e. The molecule has 1 aromatic heterocycles. The Balaban J connectivity index is 2.53. The lowest BCUT2D eigenvalue weighted by Gasteiger charge is -2.14. The van der Waals surface area contributed by atoms with E-state index >= 15 is 0 Å². The van der Waals surface area contributed by atoms with Crippen LogP contribution in [0.2, 0.25) is 0 Å². The van der Waals surface area contributed by atoms with Crippen LogP contribution in [-0.2, 0) is 20.0 Å². The number of tetrazole rings is 1. The van der Waals surface area contributed by atoms with Gasteiger partial charge in [-0.15, -0.1) is 10.2 Å². The first-order chi connectivity index (χ1) is 11.7. The zero-order valence-electron chi connectivity index (χ0n) is 12.5. The fraction of sp³-hybridized carbons (Fsp3) is 0. The van der Waals surface area contributed by atoms with E-state index in [9.17, 15) is 16.8 Å². The van der Waals surface area contributed by atoms with Crippen LogP contribution in [0.25, 0.3) is 22.5 Å². The van der Waals surface area contributed by atoms with Crippen LogP contribution in [0.15, 0.2) is 52.3 Å². The maximum absolute atomic E-state index is 12.2. The number of benzene rings is 2. The van der Waals surface area contributed by atoms with Crippen LogP contribution >= 0.6 is 0 Å². The largest absolute Gasteiger partial charge is 0.240 e. The molecule has 0 bridgehead atoms. The van der Waals surface area contributed by atoms with Gasteiger partial charge >= 0.3 is 0 Å². The Morgan fingerprint density at radius 2 is 1.56 bits per heavy atom. The van der Waals surface area contributed by atoms with Crippen LogP contribution in [0.5, 0.6) is 0 Å². The van der Waals surface area contributed by atoms with Crippen molar-refractivity contribution in [2.75, 3.05) is 0 Å². The third-order valence-electron chi connectivity index (χ3n) is 3.37. The monoisotopic (exact) mass is 380 g/mol. The lowest BCUT2D eigenvalue weighted by molar-refractivity contribution is 0.584. The number of nitrogens with one attached hydrogen (secondary N) is 1. The predicted octanol–water partition coefficient (Wildman–Crippen LogP) is -0.171. The topological polar surface area (TPSA) is 175 Å². The standard InChI is InChI=1S/C13H12N6O4S2/c14-24(20,21)10-7-6-9(8-4-2-1-3-5-8)11(12(10)25(15,22)23)13-16-18-19-17-13/h1-7H,(H2,14,20,21)(H2,15,22,23)(H,16,17,18,19). The average Bonchev–Trinajstić information content (AvgIpc) is 3.07. The molecule has 0 radical (unpaired) electrons. The Morgan fingerprint density at radius 1 is 0.880 bits per heavy atom. The van der Waals surface area contributed by atoms with E-state index in [1.165, 1.54) is 6.07 Å². The molecule has 3 rings (SSSR count). The van der Waals surface area contributed by atoms with E-state index in [4.69, 9.17) is 10.3 Å². The van der Waals surface area contributed by atoms with Crippen molar-refractivity contribution in [2.45, 2.75) is 9.79 Å². The quantitative estimate of drug-likeness (QED) is 0.562.